The molecule has 0 spiro atoms. The molecule has 0 saturated heterocycles. The molecule has 0 aliphatic heterocycles. The van der Waals surface area contributed by atoms with Crippen molar-refractivity contribution in [3.05, 3.63) is 12.3 Å². The van der Waals surface area contributed by atoms with E-state index in [0.717, 1.165) is 6.42 Å². The summed E-state index contributed by atoms with van der Waals surface area (Å²) in [6.45, 7) is 1.91. The molecule has 19 heavy (non-hydrogen) atoms. The van der Waals surface area contributed by atoms with Gasteiger partial charge in [0, 0.05) is 6.07 Å². The molecule has 1 rings (SSSR count). The van der Waals surface area contributed by atoms with Crippen LogP contribution < -0.4 is 11.1 Å². The first-order valence-corrected chi connectivity index (χ1v) is 5.85. The molecule has 104 valence electrons. The highest BCUT2D eigenvalue weighted by molar-refractivity contribution is 6.42. The molecule has 4 N–H and O–H groups in total. The normalized spacial score (nSPS) is 11.6. The standard InChI is InChI=1S/C11H16N4O4/c1-2-3-4-7(19-11(12)18)9(16)10(17)14-8-5-6-13-15-8/h5-7H,2-4H2,1H3,(H2,12,18)(H2,13,14,15,17). The van der Waals surface area contributed by atoms with E-state index in [1.54, 1.807) is 0 Å². The lowest BCUT2D eigenvalue weighted by Crippen LogP contribution is -2.37. The SMILES string of the molecule is CCCCC(OC(N)=O)C(=O)C(=O)Nc1ccn[nH]1. The van der Waals surface area contributed by atoms with Crippen molar-refractivity contribution in [2.24, 2.45) is 5.73 Å². The zero-order valence-electron chi connectivity index (χ0n) is 10.5. The maximum atomic E-state index is 11.8. The number of hydrogen-bond donors (Lipinski definition) is 3. The van der Waals surface area contributed by atoms with Crippen LogP contribution in [0, 0.1) is 0 Å². The highest BCUT2D eigenvalue weighted by Crippen LogP contribution is 2.08. The maximum Gasteiger partial charge on any atom is 0.405 e. The van der Waals surface area contributed by atoms with Crippen molar-refractivity contribution < 1.29 is 19.1 Å². The van der Waals surface area contributed by atoms with E-state index in [1.807, 2.05) is 6.92 Å². The Bertz CT molecular complexity index is 444. The van der Waals surface area contributed by atoms with Crippen LogP contribution in [0.5, 0.6) is 0 Å². The smallest absolute Gasteiger partial charge is 0.405 e. The number of anilines is 1. The zero-order chi connectivity index (χ0) is 14.3. The number of nitrogens with one attached hydrogen (secondary N) is 2. The Balaban J connectivity index is 2.63. The molecule has 1 aromatic rings. The van der Waals surface area contributed by atoms with E-state index in [4.69, 9.17) is 5.73 Å². The van der Waals surface area contributed by atoms with E-state index < -0.39 is 23.9 Å². The van der Waals surface area contributed by atoms with Gasteiger partial charge >= 0.3 is 6.09 Å². The molecule has 0 aliphatic rings. The van der Waals surface area contributed by atoms with Gasteiger partial charge in [0.05, 0.1) is 6.20 Å². The van der Waals surface area contributed by atoms with Gasteiger partial charge in [-0.2, -0.15) is 5.10 Å². The van der Waals surface area contributed by atoms with Gasteiger partial charge in [-0.1, -0.05) is 13.3 Å². The first kappa shape index (κ1) is 14.7. The van der Waals surface area contributed by atoms with Gasteiger partial charge in [0.2, 0.25) is 0 Å². The Kier molecular flexibility index (Phi) is 5.52. The first-order chi connectivity index (χ1) is 9.04. The van der Waals surface area contributed by atoms with Crippen molar-refractivity contribution >= 4 is 23.6 Å². The Morgan fingerprint density at radius 1 is 1.53 bits per heavy atom. The van der Waals surface area contributed by atoms with Gasteiger partial charge in [0.1, 0.15) is 5.82 Å². The van der Waals surface area contributed by atoms with Gasteiger partial charge in [0.25, 0.3) is 11.7 Å². The van der Waals surface area contributed by atoms with Crippen LogP contribution in [0.1, 0.15) is 26.2 Å². The van der Waals surface area contributed by atoms with E-state index in [1.165, 1.54) is 12.3 Å². The predicted octanol–water partition coefficient (Wildman–Crippen LogP) is 0.571. The molecule has 1 atom stereocenters. The van der Waals surface area contributed by atoms with Crippen LogP contribution in [0.2, 0.25) is 0 Å². The summed E-state index contributed by atoms with van der Waals surface area (Å²) in [5.74, 6) is -1.44. The van der Waals surface area contributed by atoms with E-state index >= 15 is 0 Å². The molecule has 1 aromatic heterocycles. The van der Waals surface area contributed by atoms with Crippen LogP contribution in [0.3, 0.4) is 0 Å². The Hall–Kier alpha value is -2.38. The molecular formula is C11H16N4O4. The van der Waals surface area contributed by atoms with Gasteiger partial charge in [-0.3, -0.25) is 14.7 Å². The number of carbonyl (C=O) groups excluding carboxylic acids is 3. The number of hydrogen-bond acceptors (Lipinski definition) is 5. The topological polar surface area (TPSA) is 127 Å². The average Bonchev–Trinajstić information content (AvgIpc) is 2.85. The third kappa shape index (κ3) is 4.78. The fourth-order valence-electron chi connectivity index (χ4n) is 1.43. The number of aromatic amines is 1. The Labute approximate surface area is 109 Å². The number of carbonyl (C=O) groups is 3. The van der Waals surface area contributed by atoms with E-state index in [0.29, 0.717) is 6.42 Å². The number of ketones is 1. The van der Waals surface area contributed by atoms with Crippen LogP contribution in [0.4, 0.5) is 10.6 Å². The largest absolute Gasteiger partial charge is 0.438 e. The molecular weight excluding hydrogens is 252 g/mol. The lowest BCUT2D eigenvalue weighted by Gasteiger charge is -2.14. The highest BCUT2D eigenvalue weighted by atomic mass is 16.6. The molecule has 1 heterocycles. The number of aromatic nitrogens is 2. The number of rotatable bonds is 7. The second-order valence-electron chi connectivity index (χ2n) is 3.86. The quantitative estimate of drug-likeness (QED) is 0.623. The first-order valence-electron chi connectivity index (χ1n) is 5.85. The maximum absolute atomic E-state index is 11.8. The van der Waals surface area contributed by atoms with Crippen molar-refractivity contribution in [3.63, 3.8) is 0 Å². The molecule has 0 saturated carbocycles. The summed E-state index contributed by atoms with van der Waals surface area (Å²) in [4.78, 5) is 34.2. The summed E-state index contributed by atoms with van der Waals surface area (Å²) in [7, 11) is 0. The third-order valence-electron chi connectivity index (χ3n) is 2.34. The molecule has 0 aliphatic carbocycles. The fourth-order valence-corrected chi connectivity index (χ4v) is 1.43. The summed E-state index contributed by atoms with van der Waals surface area (Å²) >= 11 is 0. The lowest BCUT2D eigenvalue weighted by molar-refractivity contribution is -0.140. The van der Waals surface area contributed by atoms with Crippen LogP contribution in [0.15, 0.2) is 12.3 Å². The summed E-state index contributed by atoms with van der Waals surface area (Å²) in [5.41, 5.74) is 4.88. The molecule has 1 unspecified atom stereocenters. The molecule has 8 heteroatoms. The Morgan fingerprint density at radius 3 is 2.79 bits per heavy atom. The molecule has 2 amide bonds. The number of ether oxygens (including phenoxy) is 1. The van der Waals surface area contributed by atoms with Crippen molar-refractivity contribution in [2.45, 2.75) is 32.3 Å². The number of primary amides is 1. The summed E-state index contributed by atoms with van der Waals surface area (Å²) < 4.78 is 4.66. The minimum atomic E-state index is -1.15. The van der Waals surface area contributed by atoms with Crippen LogP contribution in [0.25, 0.3) is 0 Å². The predicted molar refractivity (Wildman–Crippen MR) is 66.2 cm³/mol. The second-order valence-corrected chi connectivity index (χ2v) is 3.86. The zero-order valence-corrected chi connectivity index (χ0v) is 10.5. The van der Waals surface area contributed by atoms with Gasteiger partial charge in [-0.25, -0.2) is 4.79 Å². The number of nitrogens with zero attached hydrogens (tertiary/aromatic N) is 1. The fraction of sp³-hybridized carbons (Fsp3) is 0.455. The minimum Gasteiger partial charge on any atom is -0.438 e. The molecule has 0 aromatic carbocycles. The second kappa shape index (κ2) is 7.14. The van der Waals surface area contributed by atoms with Crippen LogP contribution in [-0.2, 0) is 14.3 Å². The lowest BCUT2D eigenvalue weighted by atomic mass is 10.1. The number of amides is 2. The van der Waals surface area contributed by atoms with Crippen molar-refractivity contribution in [1.29, 1.82) is 0 Å². The van der Waals surface area contributed by atoms with E-state index in [9.17, 15) is 14.4 Å². The Morgan fingerprint density at radius 2 is 2.26 bits per heavy atom. The van der Waals surface area contributed by atoms with E-state index in [-0.39, 0.29) is 12.2 Å². The summed E-state index contributed by atoms with van der Waals surface area (Å²) in [6, 6.07) is 1.49. The van der Waals surface area contributed by atoms with Gasteiger partial charge in [-0.15, -0.1) is 0 Å². The minimum absolute atomic E-state index is 0.259. The van der Waals surface area contributed by atoms with Gasteiger partial charge in [-0.05, 0) is 12.8 Å². The highest BCUT2D eigenvalue weighted by Gasteiger charge is 2.28. The molecule has 0 fully saturated rings. The van der Waals surface area contributed by atoms with Gasteiger partial charge in [0.15, 0.2) is 6.10 Å². The number of unbranched alkanes of at least 4 members (excludes halogenated alkanes) is 1. The van der Waals surface area contributed by atoms with Crippen LogP contribution in [-0.4, -0.2) is 34.1 Å². The molecule has 0 radical (unpaired) electrons. The van der Waals surface area contributed by atoms with Crippen molar-refractivity contribution in [1.82, 2.24) is 10.2 Å². The van der Waals surface area contributed by atoms with Crippen LogP contribution >= 0.6 is 0 Å². The number of Topliss-reactive ketones (excluding diaryl/α,β-unsaturated/α-hetero) is 1. The summed E-state index contributed by atoms with van der Waals surface area (Å²) in [6.07, 6.45) is 0.891. The van der Waals surface area contributed by atoms with Gasteiger partial charge < -0.3 is 15.8 Å². The van der Waals surface area contributed by atoms with E-state index in [2.05, 4.69) is 20.3 Å². The average molecular weight is 268 g/mol. The number of H-pyrrole nitrogens is 1. The summed E-state index contributed by atoms with van der Waals surface area (Å²) in [5, 5.41) is 8.41. The monoisotopic (exact) mass is 268 g/mol. The van der Waals surface area contributed by atoms with Crippen molar-refractivity contribution in [3.8, 4) is 0 Å². The molecule has 0 bridgehead atoms. The number of nitrogens with two attached hydrogens (primary N) is 1. The third-order valence-corrected chi connectivity index (χ3v) is 2.34. The van der Waals surface area contributed by atoms with Crippen molar-refractivity contribution in [2.75, 3.05) is 5.32 Å². The molecule has 8 nitrogen and oxygen atoms in total.